The van der Waals surface area contributed by atoms with Crippen LogP contribution in [0.1, 0.15) is 110 Å². The Kier molecular flexibility index (Phi) is 21.9. The normalized spacial score (nSPS) is 14.2. The smallest absolute Gasteiger partial charge is 0.312 e. The Hall–Kier alpha value is -3.50. The van der Waals surface area contributed by atoms with Gasteiger partial charge in [0.15, 0.2) is 0 Å². The van der Waals surface area contributed by atoms with Gasteiger partial charge in [0.05, 0.1) is 12.5 Å². The molecular weight excluding hydrogens is 532 g/mol. The SMILES string of the molecule is C#CCC(CC#C)COC(=O)C(C)/C=C\C(=C/C)OC(=O)CCC/C=C\C.c1ccc(CCCCCC2CCCC2)cc1. The fraction of sp³-hybridized carbons (Fsp3) is 0.538. The van der Waals surface area contributed by atoms with E-state index in [1.807, 2.05) is 19.1 Å². The van der Waals surface area contributed by atoms with E-state index in [4.69, 9.17) is 22.3 Å². The van der Waals surface area contributed by atoms with Gasteiger partial charge in [-0.1, -0.05) is 93.5 Å². The predicted molar refractivity (Wildman–Crippen MR) is 179 cm³/mol. The molecule has 1 aromatic carbocycles. The molecule has 1 aliphatic rings. The summed E-state index contributed by atoms with van der Waals surface area (Å²) < 4.78 is 10.6. The first kappa shape index (κ1) is 37.5. The summed E-state index contributed by atoms with van der Waals surface area (Å²) >= 11 is 0. The molecule has 4 heteroatoms. The van der Waals surface area contributed by atoms with Crippen molar-refractivity contribution in [2.75, 3.05) is 6.61 Å². The zero-order valence-electron chi connectivity index (χ0n) is 26.9. The van der Waals surface area contributed by atoms with Crippen LogP contribution in [-0.2, 0) is 25.5 Å². The monoisotopic (exact) mass is 586 g/mol. The lowest BCUT2D eigenvalue weighted by molar-refractivity contribution is -0.147. The van der Waals surface area contributed by atoms with Crippen LogP contribution in [-0.4, -0.2) is 18.5 Å². The number of terminal acetylenes is 2. The van der Waals surface area contributed by atoms with Crippen LogP contribution in [0.25, 0.3) is 0 Å². The summed E-state index contributed by atoms with van der Waals surface area (Å²) in [7, 11) is 0. The molecule has 0 N–H and O–H groups in total. The standard InChI is InChI=1S/C23H30O4.C16H24/c1-6-10-11-12-15-22(24)27-21(9-4)17-16-19(5)23(25)26-18-20(13-7-2)14-8-3;1-3-9-15(10-4-1)11-5-2-6-12-16-13-7-8-14-16/h2-3,6,9-10,16-17,19-20H,11-15,18H2,1,4-5H3;1,3-4,9-10,16H,2,5-8,11-14H2/b10-6-,17-16-,21-9+;. The number of hydrogen-bond acceptors (Lipinski definition) is 4. The van der Waals surface area contributed by atoms with E-state index in [0.717, 1.165) is 18.8 Å². The molecule has 1 aromatic rings. The lowest BCUT2D eigenvalue weighted by atomic mass is 9.98. The highest BCUT2D eigenvalue weighted by molar-refractivity contribution is 5.74. The van der Waals surface area contributed by atoms with Crippen molar-refractivity contribution in [2.45, 2.75) is 111 Å². The molecule has 234 valence electrons. The Bertz CT molecular complexity index is 1040. The van der Waals surface area contributed by atoms with Gasteiger partial charge in [0.1, 0.15) is 5.76 Å². The van der Waals surface area contributed by atoms with Gasteiger partial charge in [0.2, 0.25) is 0 Å². The molecule has 0 heterocycles. The summed E-state index contributed by atoms with van der Waals surface area (Å²) in [4.78, 5) is 23.9. The molecule has 4 nitrogen and oxygen atoms in total. The van der Waals surface area contributed by atoms with E-state index in [1.54, 1.807) is 32.1 Å². The topological polar surface area (TPSA) is 52.6 Å². The molecule has 43 heavy (non-hydrogen) atoms. The third kappa shape index (κ3) is 19.3. The number of carbonyl (C=O) groups excluding carboxylic acids is 2. The molecule has 1 fully saturated rings. The lowest BCUT2D eigenvalue weighted by Crippen LogP contribution is -2.18. The van der Waals surface area contributed by atoms with Crippen LogP contribution in [0.3, 0.4) is 0 Å². The van der Waals surface area contributed by atoms with Gasteiger partial charge in [0.25, 0.3) is 0 Å². The minimum absolute atomic E-state index is 0.0327. The average Bonchev–Trinajstić information content (AvgIpc) is 3.54. The molecule has 2 rings (SSSR count). The number of benzene rings is 1. The van der Waals surface area contributed by atoms with Gasteiger partial charge in [-0.2, -0.15) is 0 Å². The summed E-state index contributed by atoms with van der Waals surface area (Å²) in [6, 6.07) is 10.9. The highest BCUT2D eigenvalue weighted by atomic mass is 16.5. The number of aryl methyl sites for hydroxylation is 1. The van der Waals surface area contributed by atoms with Gasteiger partial charge in [-0.25, -0.2) is 0 Å². The van der Waals surface area contributed by atoms with Crippen LogP contribution in [0, 0.1) is 42.4 Å². The van der Waals surface area contributed by atoms with Crippen molar-refractivity contribution in [3.05, 3.63) is 72.0 Å². The largest absolute Gasteiger partial charge is 0.465 e. The molecular formula is C39H54O4. The number of unbranched alkanes of at least 4 members (excludes halogenated alkanes) is 3. The molecule has 0 radical (unpaired) electrons. The van der Waals surface area contributed by atoms with Crippen LogP contribution in [0.2, 0.25) is 0 Å². The van der Waals surface area contributed by atoms with E-state index < -0.39 is 5.92 Å². The first-order valence-electron chi connectivity index (χ1n) is 16.2. The summed E-state index contributed by atoms with van der Waals surface area (Å²) in [5.41, 5.74) is 1.50. The van der Waals surface area contributed by atoms with E-state index in [1.165, 1.54) is 63.4 Å². The Morgan fingerprint density at radius 1 is 1.00 bits per heavy atom. The maximum atomic E-state index is 12.1. The molecule has 0 bridgehead atoms. The molecule has 1 saturated carbocycles. The Labute approximate surface area is 262 Å². The third-order valence-corrected chi connectivity index (χ3v) is 7.59. The maximum absolute atomic E-state index is 12.1. The zero-order valence-corrected chi connectivity index (χ0v) is 26.9. The molecule has 0 amide bonds. The van der Waals surface area contributed by atoms with Gasteiger partial charge >= 0.3 is 11.9 Å². The van der Waals surface area contributed by atoms with Crippen molar-refractivity contribution in [1.29, 1.82) is 0 Å². The Morgan fingerprint density at radius 3 is 2.33 bits per heavy atom. The second kappa shape index (κ2) is 25.0. The molecule has 0 spiro atoms. The quantitative estimate of drug-likeness (QED) is 0.0429. The van der Waals surface area contributed by atoms with Crippen molar-refractivity contribution in [3.63, 3.8) is 0 Å². The highest BCUT2D eigenvalue weighted by Crippen LogP contribution is 2.29. The number of hydrogen-bond donors (Lipinski definition) is 0. The van der Waals surface area contributed by atoms with E-state index in [0.29, 0.717) is 25.0 Å². The second-order valence-corrected chi connectivity index (χ2v) is 11.3. The number of carbonyl (C=O) groups is 2. The van der Waals surface area contributed by atoms with E-state index in [2.05, 4.69) is 42.2 Å². The van der Waals surface area contributed by atoms with Crippen LogP contribution in [0.4, 0.5) is 0 Å². The third-order valence-electron chi connectivity index (χ3n) is 7.59. The average molecular weight is 587 g/mol. The zero-order chi connectivity index (χ0) is 31.5. The summed E-state index contributed by atoms with van der Waals surface area (Å²) in [6.07, 6.45) is 35.3. The molecule has 1 aliphatic carbocycles. The maximum Gasteiger partial charge on any atom is 0.312 e. The Balaban J connectivity index is 0.000000485. The van der Waals surface area contributed by atoms with Gasteiger partial charge < -0.3 is 9.47 Å². The molecule has 0 aliphatic heterocycles. The van der Waals surface area contributed by atoms with Crippen LogP contribution in [0.15, 0.2) is 66.5 Å². The fourth-order valence-electron chi connectivity index (χ4n) is 4.96. The molecule has 1 unspecified atom stereocenters. The van der Waals surface area contributed by atoms with Gasteiger partial charge in [0, 0.05) is 25.2 Å². The lowest BCUT2D eigenvalue weighted by Gasteiger charge is -2.13. The number of ether oxygens (including phenoxy) is 2. The first-order chi connectivity index (χ1) is 20.9. The summed E-state index contributed by atoms with van der Waals surface area (Å²) in [6.45, 7) is 5.61. The number of esters is 2. The highest BCUT2D eigenvalue weighted by Gasteiger charge is 2.15. The summed E-state index contributed by atoms with van der Waals surface area (Å²) in [5.74, 6) is 5.37. The van der Waals surface area contributed by atoms with Gasteiger partial charge in [-0.15, -0.1) is 24.7 Å². The van der Waals surface area contributed by atoms with Crippen LogP contribution >= 0.6 is 0 Å². The van der Waals surface area contributed by atoms with Crippen molar-refractivity contribution >= 4 is 11.9 Å². The van der Waals surface area contributed by atoms with Crippen LogP contribution in [0.5, 0.6) is 0 Å². The molecule has 1 atom stereocenters. The fourth-order valence-corrected chi connectivity index (χ4v) is 4.96. The minimum atomic E-state index is -0.481. The number of rotatable bonds is 18. The van der Waals surface area contributed by atoms with Crippen molar-refractivity contribution in [1.82, 2.24) is 0 Å². The Morgan fingerprint density at radius 2 is 1.70 bits per heavy atom. The van der Waals surface area contributed by atoms with E-state index in [-0.39, 0.29) is 24.5 Å². The first-order valence-corrected chi connectivity index (χ1v) is 16.2. The van der Waals surface area contributed by atoms with Crippen molar-refractivity contribution < 1.29 is 19.1 Å². The van der Waals surface area contributed by atoms with Gasteiger partial charge in [-0.05, 0) is 70.1 Å². The van der Waals surface area contributed by atoms with Crippen molar-refractivity contribution in [2.24, 2.45) is 17.8 Å². The van der Waals surface area contributed by atoms with E-state index >= 15 is 0 Å². The molecule has 0 aromatic heterocycles. The minimum Gasteiger partial charge on any atom is -0.465 e. The van der Waals surface area contributed by atoms with E-state index in [9.17, 15) is 9.59 Å². The number of allylic oxidation sites excluding steroid dienone is 4. The van der Waals surface area contributed by atoms with Gasteiger partial charge in [-0.3, -0.25) is 9.59 Å². The predicted octanol–water partition coefficient (Wildman–Crippen LogP) is 9.56. The van der Waals surface area contributed by atoms with Crippen LogP contribution < -0.4 is 0 Å². The summed E-state index contributed by atoms with van der Waals surface area (Å²) in [5, 5.41) is 0. The second-order valence-electron chi connectivity index (χ2n) is 11.3. The molecule has 0 saturated heterocycles. The van der Waals surface area contributed by atoms with Crippen molar-refractivity contribution in [3.8, 4) is 24.7 Å².